The average Bonchev–Trinajstić information content (AvgIpc) is 3.91. The Labute approximate surface area is 362 Å². The van der Waals surface area contributed by atoms with Gasteiger partial charge in [-0.15, -0.1) is 22.7 Å². The van der Waals surface area contributed by atoms with Gasteiger partial charge >= 0.3 is 0 Å². The van der Waals surface area contributed by atoms with Gasteiger partial charge in [0.2, 0.25) is 0 Å². The van der Waals surface area contributed by atoms with Crippen molar-refractivity contribution in [3.8, 4) is 44.5 Å². The summed E-state index contributed by atoms with van der Waals surface area (Å²) in [6.45, 7) is 0. The van der Waals surface area contributed by atoms with Gasteiger partial charge in [0, 0.05) is 57.4 Å². The number of rotatable bonds is 7. The Morgan fingerprint density at radius 1 is 0.262 bits per heavy atom. The molecule has 12 aromatic rings. The minimum Gasteiger partial charge on any atom is -0.310 e. The fraction of sp³-hybridized carbons (Fsp3) is 0. The predicted octanol–water partition coefficient (Wildman–Crippen LogP) is 17.7. The molecule has 2 heterocycles. The molecule has 61 heavy (non-hydrogen) atoms. The van der Waals surface area contributed by atoms with Crippen molar-refractivity contribution in [1.29, 1.82) is 0 Å². The van der Waals surface area contributed by atoms with Crippen LogP contribution in [0.4, 0.5) is 17.1 Å². The van der Waals surface area contributed by atoms with Crippen molar-refractivity contribution in [2.75, 3.05) is 4.90 Å². The van der Waals surface area contributed by atoms with Gasteiger partial charge in [-0.05, 0) is 104 Å². The van der Waals surface area contributed by atoms with Gasteiger partial charge in [0.1, 0.15) is 0 Å². The third kappa shape index (κ3) is 6.21. The summed E-state index contributed by atoms with van der Waals surface area (Å²) in [5.41, 5.74) is 13.3. The minimum absolute atomic E-state index is 1.11. The zero-order valence-corrected chi connectivity index (χ0v) is 34.8. The maximum absolute atomic E-state index is 2.38. The predicted molar refractivity (Wildman–Crippen MR) is 266 cm³/mol. The van der Waals surface area contributed by atoms with E-state index in [-0.39, 0.29) is 0 Å². The van der Waals surface area contributed by atoms with Gasteiger partial charge in [-0.1, -0.05) is 176 Å². The van der Waals surface area contributed by atoms with Crippen LogP contribution >= 0.6 is 22.7 Å². The maximum atomic E-state index is 2.38. The summed E-state index contributed by atoms with van der Waals surface area (Å²) in [4.78, 5) is 2.38. The number of fused-ring (bicyclic) bond motifs is 7. The number of hydrogen-bond acceptors (Lipinski definition) is 3. The number of hydrogen-bond donors (Lipinski definition) is 0. The summed E-state index contributed by atoms with van der Waals surface area (Å²) in [5, 5.41) is 7.72. The molecule has 0 fully saturated rings. The first-order valence-corrected chi connectivity index (χ1v) is 22.4. The van der Waals surface area contributed by atoms with E-state index in [0.717, 1.165) is 17.1 Å². The molecule has 0 saturated heterocycles. The number of benzene rings is 10. The third-order valence-corrected chi connectivity index (χ3v) is 14.6. The van der Waals surface area contributed by atoms with Gasteiger partial charge in [-0.3, -0.25) is 0 Å². The van der Waals surface area contributed by atoms with Gasteiger partial charge in [0.05, 0.1) is 0 Å². The molecule has 0 unspecified atom stereocenters. The fourth-order valence-corrected chi connectivity index (χ4v) is 11.7. The summed E-state index contributed by atoms with van der Waals surface area (Å²) in [6.07, 6.45) is 0. The van der Waals surface area contributed by atoms with Gasteiger partial charge < -0.3 is 4.90 Å². The average molecular weight is 812 g/mol. The Morgan fingerprint density at radius 3 is 1.44 bits per heavy atom. The first-order valence-electron chi connectivity index (χ1n) is 20.7. The molecule has 0 saturated carbocycles. The van der Waals surface area contributed by atoms with Crippen LogP contribution in [0, 0.1) is 0 Å². The summed E-state index contributed by atoms with van der Waals surface area (Å²) >= 11 is 3.78. The lowest BCUT2D eigenvalue weighted by Gasteiger charge is -2.26. The second kappa shape index (κ2) is 14.8. The van der Waals surface area contributed by atoms with Crippen LogP contribution < -0.4 is 4.90 Å². The molecule has 1 nitrogen and oxygen atoms in total. The molecule has 0 atom stereocenters. The molecule has 12 rings (SSSR count). The summed E-state index contributed by atoms with van der Waals surface area (Å²) in [6, 6.07) is 82.2. The summed E-state index contributed by atoms with van der Waals surface area (Å²) in [5.74, 6) is 0. The van der Waals surface area contributed by atoms with Gasteiger partial charge in [0.25, 0.3) is 0 Å². The molecule has 0 aliphatic carbocycles. The highest BCUT2D eigenvalue weighted by molar-refractivity contribution is 7.27. The normalized spacial score (nSPS) is 11.6. The molecule has 3 heteroatoms. The van der Waals surface area contributed by atoms with Gasteiger partial charge in [-0.2, -0.15) is 0 Å². The smallest absolute Gasteiger partial charge is 0.0468 e. The van der Waals surface area contributed by atoms with Crippen LogP contribution in [0.2, 0.25) is 0 Å². The molecule has 0 aliphatic rings. The number of anilines is 3. The van der Waals surface area contributed by atoms with Gasteiger partial charge in [0.15, 0.2) is 0 Å². The van der Waals surface area contributed by atoms with E-state index in [1.54, 1.807) is 0 Å². The van der Waals surface area contributed by atoms with Crippen LogP contribution in [0.15, 0.2) is 224 Å². The van der Waals surface area contributed by atoms with Crippen molar-refractivity contribution in [2.24, 2.45) is 0 Å². The fourth-order valence-electron chi connectivity index (χ4n) is 9.09. The van der Waals surface area contributed by atoms with Crippen LogP contribution in [-0.2, 0) is 0 Å². The van der Waals surface area contributed by atoms with Crippen LogP contribution in [0.5, 0.6) is 0 Å². The van der Waals surface area contributed by atoms with Gasteiger partial charge in [-0.25, -0.2) is 0 Å². The first-order chi connectivity index (χ1) is 30.2. The summed E-state index contributed by atoms with van der Waals surface area (Å²) < 4.78 is 5.32. The Balaban J connectivity index is 0.913. The SMILES string of the molecule is c1ccc(-c2cccc3c2sc2c(-c4cccc(-c5ccc(N(c6ccc(-c7cccc8c7sc7ccccc78)cc6)c6ccc7ccccc7c6)cc5)c4)cccc23)cc1. The molecule has 0 aliphatic heterocycles. The van der Waals surface area contributed by atoms with Crippen molar-refractivity contribution < 1.29 is 0 Å². The van der Waals surface area contributed by atoms with Crippen molar-refractivity contribution in [2.45, 2.75) is 0 Å². The molecule has 0 amide bonds. The highest BCUT2D eigenvalue weighted by atomic mass is 32.1. The van der Waals surface area contributed by atoms with E-state index in [0.29, 0.717) is 0 Å². The van der Waals surface area contributed by atoms with E-state index in [9.17, 15) is 0 Å². The lowest BCUT2D eigenvalue weighted by molar-refractivity contribution is 1.29. The molecule has 0 spiro atoms. The van der Waals surface area contributed by atoms with E-state index in [1.165, 1.54) is 95.6 Å². The number of nitrogens with zero attached hydrogens (tertiary/aromatic N) is 1. The molecule has 10 aromatic carbocycles. The lowest BCUT2D eigenvalue weighted by Crippen LogP contribution is -2.09. The molecule has 0 N–H and O–H groups in total. The Kier molecular flexibility index (Phi) is 8.62. The zero-order chi connectivity index (χ0) is 40.3. The van der Waals surface area contributed by atoms with Crippen LogP contribution in [0.1, 0.15) is 0 Å². The quantitative estimate of drug-likeness (QED) is 0.155. The van der Waals surface area contributed by atoms with Crippen LogP contribution in [0.3, 0.4) is 0 Å². The van der Waals surface area contributed by atoms with Crippen LogP contribution in [0.25, 0.3) is 95.6 Å². The van der Waals surface area contributed by atoms with Crippen molar-refractivity contribution >= 4 is 90.9 Å². The van der Waals surface area contributed by atoms with Crippen molar-refractivity contribution in [1.82, 2.24) is 0 Å². The largest absolute Gasteiger partial charge is 0.310 e. The lowest BCUT2D eigenvalue weighted by atomic mass is 9.97. The third-order valence-electron chi connectivity index (χ3n) is 12.1. The van der Waals surface area contributed by atoms with Crippen molar-refractivity contribution in [3.63, 3.8) is 0 Å². The molecule has 0 radical (unpaired) electrons. The molecule has 286 valence electrons. The number of thiophene rings is 2. The topological polar surface area (TPSA) is 3.24 Å². The van der Waals surface area contributed by atoms with E-state index in [1.807, 2.05) is 22.7 Å². The Morgan fingerprint density at radius 2 is 0.738 bits per heavy atom. The Bertz CT molecular complexity index is 3580. The van der Waals surface area contributed by atoms with Crippen molar-refractivity contribution in [3.05, 3.63) is 224 Å². The van der Waals surface area contributed by atoms with E-state index >= 15 is 0 Å². The van der Waals surface area contributed by atoms with E-state index in [2.05, 4.69) is 229 Å². The van der Waals surface area contributed by atoms with E-state index in [4.69, 9.17) is 0 Å². The standard InChI is InChI=1S/C58H37NS2/c1-2-13-40(14-3-1)48-19-10-23-53-54-24-11-21-50(58(54)61-57(48)53)44-17-8-16-42(36-44)39-26-31-45(32-27-39)59(47-35-28-38-12-4-5-15-43(38)37-47)46-33-29-41(30-34-46)49-20-9-22-52-51-18-6-7-25-55(51)60-56(49)52/h1-37H. The maximum Gasteiger partial charge on any atom is 0.0468 e. The summed E-state index contributed by atoms with van der Waals surface area (Å²) in [7, 11) is 0. The highest BCUT2D eigenvalue weighted by Crippen LogP contribution is 2.45. The molecule has 2 aromatic heterocycles. The van der Waals surface area contributed by atoms with Crippen LogP contribution in [-0.4, -0.2) is 0 Å². The Hall–Kier alpha value is -7.30. The molecular formula is C58H37NS2. The second-order valence-corrected chi connectivity index (χ2v) is 17.7. The first kappa shape index (κ1) is 35.6. The molecule has 0 bridgehead atoms. The second-order valence-electron chi connectivity index (χ2n) is 15.7. The highest BCUT2D eigenvalue weighted by Gasteiger charge is 2.17. The molecular weight excluding hydrogens is 775 g/mol. The minimum atomic E-state index is 1.11. The van der Waals surface area contributed by atoms with E-state index < -0.39 is 0 Å². The monoisotopic (exact) mass is 811 g/mol. The zero-order valence-electron chi connectivity index (χ0n) is 33.1.